The Morgan fingerprint density at radius 1 is 0.357 bits per heavy atom. The first-order chi connectivity index (χ1) is 62.1. The summed E-state index contributed by atoms with van der Waals surface area (Å²) in [5, 5.41) is 28.7. The number of pyridine rings is 4. The van der Waals surface area contributed by atoms with E-state index in [9.17, 15) is 41.8 Å². The fraction of sp³-hybridized carbons (Fsp3) is 0.269. The summed E-state index contributed by atoms with van der Waals surface area (Å²) in [6, 6.07) is 32.7. The molecule has 36 heteroatoms. The number of halogens is 4. The van der Waals surface area contributed by atoms with E-state index in [1.54, 1.807) is 103 Å². The molecule has 0 aliphatic heterocycles. The van der Waals surface area contributed by atoms with Crippen LogP contribution in [0.5, 0.6) is 23.0 Å². The average molecular weight is 1760 g/mol. The molecule has 3 amide bonds. The summed E-state index contributed by atoms with van der Waals surface area (Å²) in [7, 11) is 8.60. The topological polar surface area (TPSA) is 434 Å². The van der Waals surface area contributed by atoms with Gasteiger partial charge in [0.25, 0.3) is 17.7 Å². The first kappa shape index (κ1) is 91.8. The fourth-order valence-electron chi connectivity index (χ4n) is 15.2. The monoisotopic (exact) mass is 1760 g/mol. The van der Waals surface area contributed by atoms with Gasteiger partial charge in [0.15, 0.2) is 22.8 Å². The number of fused-ring (bicyclic) bond motifs is 4. The van der Waals surface area contributed by atoms with Gasteiger partial charge in [0.1, 0.15) is 68.9 Å². The number of nitrogens with two attached hydrogens (primary N) is 6. The highest BCUT2D eigenvalue weighted by Gasteiger charge is 2.25. The van der Waals surface area contributed by atoms with Crippen molar-refractivity contribution < 1.29 is 60.8 Å². The molecule has 0 saturated carbocycles. The van der Waals surface area contributed by atoms with Crippen molar-refractivity contribution >= 4 is 46.3 Å². The number of benzene rings is 4. The van der Waals surface area contributed by atoms with Crippen LogP contribution < -0.4 is 58.7 Å². The maximum Gasteiger partial charge on any atom is 0.356 e. The second kappa shape index (κ2) is 41.1. The van der Waals surface area contributed by atoms with Crippen LogP contribution in [0.15, 0.2) is 171 Å². The minimum atomic E-state index is -1.08. The van der Waals surface area contributed by atoms with E-state index in [2.05, 4.69) is 45.6 Å². The molecule has 12 heterocycles. The smallest absolute Gasteiger partial charge is 0.356 e. The highest BCUT2D eigenvalue weighted by Crippen LogP contribution is 2.37. The molecule has 16 rings (SSSR count). The molecule has 0 atom stereocenters. The lowest BCUT2D eigenvalue weighted by atomic mass is 10.1. The Bertz CT molecular complexity index is 6320. The number of carboxylic acid groups (broad SMARTS) is 1. The molecule has 0 unspecified atom stereocenters. The van der Waals surface area contributed by atoms with Crippen LogP contribution in [-0.2, 0) is 79.6 Å². The Labute approximate surface area is 739 Å². The molecule has 32 nitrogen and oxygen atoms in total. The molecular formula is C93H101F4N23O9. The van der Waals surface area contributed by atoms with Gasteiger partial charge in [0, 0.05) is 248 Å². The van der Waals surface area contributed by atoms with Crippen molar-refractivity contribution in [3.8, 4) is 67.5 Å². The van der Waals surface area contributed by atoms with Crippen molar-refractivity contribution in [2.24, 2.45) is 62.6 Å². The molecular weight excluding hydrogens is 1660 g/mol. The number of aromatic carboxylic acids is 1. The van der Waals surface area contributed by atoms with E-state index in [1.165, 1.54) is 48.5 Å². The predicted molar refractivity (Wildman–Crippen MR) is 479 cm³/mol. The van der Waals surface area contributed by atoms with Gasteiger partial charge in [-0.05, 0) is 175 Å². The number of amides is 3. The van der Waals surface area contributed by atoms with E-state index in [-0.39, 0.29) is 66.1 Å². The van der Waals surface area contributed by atoms with Crippen LogP contribution >= 0.6 is 0 Å². The first-order valence-corrected chi connectivity index (χ1v) is 41.6. The van der Waals surface area contributed by atoms with Crippen LogP contribution in [0.3, 0.4) is 0 Å². The average Bonchev–Trinajstić information content (AvgIpc) is 1.80. The zero-order chi connectivity index (χ0) is 92.0. The van der Waals surface area contributed by atoms with Crippen LogP contribution in [0.4, 0.5) is 17.6 Å². The van der Waals surface area contributed by atoms with Crippen molar-refractivity contribution in [3.63, 3.8) is 0 Å². The summed E-state index contributed by atoms with van der Waals surface area (Å²) >= 11 is 0. The largest absolute Gasteiger partial charge is 0.493 e. The van der Waals surface area contributed by atoms with Crippen LogP contribution in [0.25, 0.3) is 67.1 Å². The number of nitrogens with one attached hydrogen (secondary N) is 1. The Balaban J connectivity index is 0.000000147. The molecule has 0 bridgehead atoms. The van der Waals surface area contributed by atoms with Gasteiger partial charge in [-0.3, -0.25) is 33.1 Å². The van der Waals surface area contributed by atoms with Gasteiger partial charge in [-0.25, -0.2) is 42.3 Å². The van der Waals surface area contributed by atoms with E-state index in [0.29, 0.717) is 141 Å². The van der Waals surface area contributed by atoms with E-state index >= 15 is 0 Å². The van der Waals surface area contributed by atoms with Gasteiger partial charge in [-0.1, -0.05) is 0 Å². The molecule has 4 aromatic carbocycles. The minimum Gasteiger partial charge on any atom is -0.493 e. The number of imidazole rings is 4. The molecule has 14 N–H and O–H groups in total. The van der Waals surface area contributed by atoms with E-state index in [0.717, 1.165) is 107 Å². The number of carbonyl (C=O) groups excluding carboxylic acids is 3. The van der Waals surface area contributed by atoms with E-state index in [1.807, 2.05) is 119 Å². The number of hydrogen-bond acceptors (Lipinski definition) is 20. The maximum atomic E-state index is 14.2. The van der Waals surface area contributed by atoms with Gasteiger partial charge in [0.05, 0.1) is 26.4 Å². The van der Waals surface area contributed by atoms with Crippen molar-refractivity contribution in [1.29, 1.82) is 0 Å². The van der Waals surface area contributed by atoms with Crippen LogP contribution in [0, 0.1) is 51.0 Å². The Morgan fingerprint density at radius 2 is 0.597 bits per heavy atom. The summed E-state index contributed by atoms with van der Waals surface area (Å²) in [5.74, 6) is -1.79. The fourth-order valence-corrected chi connectivity index (χ4v) is 15.2. The van der Waals surface area contributed by atoms with Crippen LogP contribution in [-0.4, -0.2) is 165 Å². The standard InChI is InChI=1S/C24H27FN6O2.2C23H25FN6O2.C23H24FN5O3/c1-15-19(23(24(32)27-2)29-30(15)3)9-11-33-21-6-5-17(25)12-20(21)16-4-7-22-28-13-18(8-10-26)31(22)14-16;2*1-14-18(22(23(26)31)28-29(14)2)8-10-32-20-5-4-16(24)11-19(20)15-3-6-21-27-12-17(7-9-25)30(21)13-15;1-14-18(22(23(30)31)27-28(14)2)8-10-32-20-5-4-16(24)11-19(20)15-3-6-21-26-12-17(7-9-25)29(21)13-15/h4-7,12-14H,8-11,26H2,1-3H3,(H,27,32);2*3-6,11-13H,7-10,25H2,1-2H3,(H2,26,31);3-6,11-13H,7-10,25H2,1-2H3,(H,30,31). The summed E-state index contributed by atoms with van der Waals surface area (Å²) in [5.41, 5.74) is 53.6. The summed E-state index contributed by atoms with van der Waals surface area (Å²) in [6.07, 6.45) is 19.3. The number of aryl methyl sites for hydroxylation is 4. The summed E-state index contributed by atoms with van der Waals surface area (Å²) in [6.45, 7) is 10.6. The number of nitrogens with zero attached hydrogens (tertiary/aromatic N) is 16. The Kier molecular flexibility index (Phi) is 29.2. The van der Waals surface area contributed by atoms with Crippen LogP contribution in [0.2, 0.25) is 0 Å². The van der Waals surface area contributed by atoms with Gasteiger partial charge < -0.3 is 81.4 Å². The van der Waals surface area contributed by atoms with E-state index in [4.69, 9.17) is 53.3 Å². The van der Waals surface area contributed by atoms with Crippen molar-refractivity contribution in [3.05, 3.63) is 285 Å². The first-order valence-electron chi connectivity index (χ1n) is 41.6. The van der Waals surface area contributed by atoms with Crippen LogP contribution in [0.1, 0.15) is 110 Å². The number of aromatic nitrogens is 16. The molecule has 0 radical (unpaired) electrons. The SMILES string of the molecule is CNC(=O)c1nn(C)c(C)c1CCOc1ccc(F)cc1-c1ccc2ncc(CCN)n2c1.Cc1c(CCOc2ccc(F)cc2-c2ccc3ncc(CCN)n3c2)c(C(=O)O)nn1C.Cc1c(CCOc2ccc(F)cc2-c2ccc3ncc(CCN)n3c2)c(C(N)=O)nn1C.Cc1c(CCOc2ccc(F)cc2-c2ccc3ncc(CCN)n3c2)c(C(N)=O)nn1C. The van der Waals surface area contributed by atoms with Gasteiger partial charge >= 0.3 is 5.97 Å². The summed E-state index contributed by atoms with van der Waals surface area (Å²) in [4.78, 5) is 64.6. The highest BCUT2D eigenvalue weighted by atomic mass is 19.1. The second-order valence-corrected chi connectivity index (χ2v) is 30.5. The molecule has 16 aromatic rings. The third kappa shape index (κ3) is 20.8. The molecule has 129 heavy (non-hydrogen) atoms. The normalized spacial score (nSPS) is 11.2. The lowest BCUT2D eigenvalue weighted by Crippen LogP contribution is -2.20. The third-order valence-corrected chi connectivity index (χ3v) is 22.3. The third-order valence-electron chi connectivity index (χ3n) is 22.3. The molecule has 0 fully saturated rings. The number of rotatable bonds is 32. The van der Waals surface area contributed by atoms with Crippen molar-refractivity contribution in [1.82, 2.24) is 82.0 Å². The number of ether oxygens (including phenoxy) is 4. The zero-order valence-corrected chi connectivity index (χ0v) is 72.8. The van der Waals surface area contributed by atoms with Crippen molar-refractivity contribution in [2.45, 2.75) is 79.1 Å². The molecule has 0 aliphatic carbocycles. The zero-order valence-electron chi connectivity index (χ0n) is 72.8. The lowest BCUT2D eigenvalue weighted by Gasteiger charge is -2.13. The quantitative estimate of drug-likeness (QED) is 0.0182. The van der Waals surface area contributed by atoms with Crippen molar-refractivity contribution in [2.75, 3.05) is 59.7 Å². The lowest BCUT2D eigenvalue weighted by molar-refractivity contribution is 0.0687. The Hall–Kier alpha value is -14.9. The van der Waals surface area contributed by atoms with E-state index < -0.39 is 17.8 Å². The number of carboxylic acids is 1. The predicted octanol–water partition coefficient (Wildman–Crippen LogP) is 10.5. The molecule has 0 spiro atoms. The minimum absolute atomic E-state index is 0.0194. The Morgan fingerprint density at radius 3 is 0.837 bits per heavy atom. The maximum absolute atomic E-state index is 14.2. The second-order valence-electron chi connectivity index (χ2n) is 30.5. The molecule has 0 saturated heterocycles. The van der Waals surface area contributed by atoms with Gasteiger partial charge in [-0.2, -0.15) is 20.4 Å². The number of primary amides is 2. The molecule has 0 aliphatic rings. The summed E-state index contributed by atoms with van der Waals surface area (Å²) < 4.78 is 94.9. The van der Waals surface area contributed by atoms with Gasteiger partial charge in [-0.15, -0.1) is 0 Å². The molecule has 670 valence electrons. The molecule has 12 aromatic heterocycles. The number of carbonyl (C=O) groups is 4. The number of hydrogen-bond donors (Lipinski definition) is 8. The van der Waals surface area contributed by atoms with Gasteiger partial charge in [0.2, 0.25) is 0 Å². The highest BCUT2D eigenvalue weighted by molar-refractivity contribution is 5.94.